The van der Waals surface area contributed by atoms with Crippen LogP contribution in [-0.2, 0) is 17.6 Å². The predicted molar refractivity (Wildman–Crippen MR) is 90.2 cm³/mol. The number of amides is 1. The van der Waals surface area contributed by atoms with Gasteiger partial charge in [0.15, 0.2) is 0 Å². The molecule has 0 aromatic carbocycles. The Hall–Kier alpha value is -0.360. The number of carbonyl (C=O) groups is 1. The third-order valence-electron chi connectivity index (χ3n) is 2.80. The third kappa shape index (κ3) is 8.04. The van der Waals surface area contributed by atoms with Crippen LogP contribution in [0.3, 0.4) is 0 Å². The summed E-state index contributed by atoms with van der Waals surface area (Å²) in [6.07, 6.45) is 4.46. The molecule has 0 saturated carbocycles. The van der Waals surface area contributed by atoms with E-state index in [1.54, 1.807) is 11.3 Å². The van der Waals surface area contributed by atoms with Gasteiger partial charge >= 0.3 is 0 Å². The lowest BCUT2D eigenvalue weighted by molar-refractivity contribution is -0.121. The minimum Gasteiger partial charge on any atom is -0.352 e. The maximum absolute atomic E-state index is 11.8. The first kappa shape index (κ1) is 21.9. The van der Waals surface area contributed by atoms with Gasteiger partial charge in [-0.1, -0.05) is 26.7 Å². The molecule has 4 nitrogen and oxygen atoms in total. The summed E-state index contributed by atoms with van der Waals surface area (Å²) in [5.74, 6) is 0.0227. The Kier molecular flexibility index (Phi) is 13.6. The molecule has 20 heavy (non-hydrogen) atoms. The zero-order valence-electron chi connectivity index (χ0n) is 12.1. The molecule has 0 radical (unpaired) electrons. The van der Waals surface area contributed by atoms with Gasteiger partial charge in [0.1, 0.15) is 0 Å². The van der Waals surface area contributed by atoms with Crippen molar-refractivity contribution < 1.29 is 4.79 Å². The highest BCUT2D eigenvalue weighted by Gasteiger charge is 2.12. The smallest absolute Gasteiger partial charge is 0.226 e. The van der Waals surface area contributed by atoms with E-state index in [4.69, 9.17) is 5.73 Å². The first-order valence-electron chi connectivity index (χ1n) is 6.62. The summed E-state index contributed by atoms with van der Waals surface area (Å²) in [7, 11) is 0. The molecule has 1 atom stereocenters. The Morgan fingerprint density at radius 3 is 2.65 bits per heavy atom. The summed E-state index contributed by atoms with van der Waals surface area (Å²) in [5, 5.41) is 6.02. The zero-order chi connectivity index (χ0) is 13.4. The van der Waals surface area contributed by atoms with Gasteiger partial charge in [-0.3, -0.25) is 4.79 Å². The van der Waals surface area contributed by atoms with E-state index in [2.05, 4.69) is 24.1 Å². The molecule has 0 saturated heterocycles. The van der Waals surface area contributed by atoms with Gasteiger partial charge in [-0.2, -0.15) is 0 Å². The zero-order valence-corrected chi connectivity index (χ0v) is 14.5. The standard InChI is InChI=1S/C13H23N3OS.2ClH/c1-3-5-6-10(8-14)15-12(17)7-11-9-18-13(4-2)16-11;;/h9-10H,3-8,14H2,1-2H3,(H,15,17);2*1H. The number of aromatic nitrogens is 1. The van der Waals surface area contributed by atoms with E-state index in [9.17, 15) is 4.79 Å². The second-order valence-corrected chi connectivity index (χ2v) is 5.35. The van der Waals surface area contributed by atoms with Crippen molar-refractivity contribution in [2.75, 3.05) is 6.54 Å². The molecule has 1 unspecified atom stereocenters. The normalized spacial score (nSPS) is 11.2. The number of nitrogens with two attached hydrogens (primary N) is 1. The van der Waals surface area contributed by atoms with E-state index < -0.39 is 0 Å². The molecule has 1 heterocycles. The quantitative estimate of drug-likeness (QED) is 0.763. The van der Waals surface area contributed by atoms with Gasteiger partial charge in [0.25, 0.3) is 0 Å². The maximum Gasteiger partial charge on any atom is 0.226 e. The first-order chi connectivity index (χ1) is 8.69. The van der Waals surface area contributed by atoms with Gasteiger partial charge in [-0.15, -0.1) is 36.2 Å². The molecular formula is C13H25Cl2N3OS. The van der Waals surface area contributed by atoms with Crippen LogP contribution in [0.5, 0.6) is 0 Å². The highest BCUT2D eigenvalue weighted by molar-refractivity contribution is 7.09. The Morgan fingerprint density at radius 1 is 1.45 bits per heavy atom. The van der Waals surface area contributed by atoms with Crippen molar-refractivity contribution >= 4 is 42.1 Å². The average Bonchev–Trinajstić information content (AvgIpc) is 2.81. The number of hydrogen-bond acceptors (Lipinski definition) is 4. The fourth-order valence-electron chi connectivity index (χ4n) is 1.74. The number of hydrogen-bond donors (Lipinski definition) is 2. The third-order valence-corrected chi connectivity index (χ3v) is 3.84. The number of carbonyl (C=O) groups excluding carboxylic acids is 1. The Balaban J connectivity index is 0. The molecule has 118 valence electrons. The van der Waals surface area contributed by atoms with Crippen LogP contribution in [0.4, 0.5) is 0 Å². The summed E-state index contributed by atoms with van der Waals surface area (Å²) < 4.78 is 0. The van der Waals surface area contributed by atoms with Gasteiger partial charge in [0.05, 0.1) is 17.1 Å². The van der Waals surface area contributed by atoms with Gasteiger partial charge in [-0.25, -0.2) is 4.98 Å². The molecule has 1 aromatic rings. The topological polar surface area (TPSA) is 68.0 Å². The van der Waals surface area contributed by atoms with Gasteiger partial charge in [0, 0.05) is 18.0 Å². The number of halogens is 2. The minimum atomic E-state index is 0. The van der Waals surface area contributed by atoms with Crippen LogP contribution in [0.15, 0.2) is 5.38 Å². The number of thiazole rings is 1. The summed E-state index contributed by atoms with van der Waals surface area (Å²) in [6, 6.07) is 0.0988. The van der Waals surface area contributed by atoms with Crippen LogP contribution in [-0.4, -0.2) is 23.5 Å². The molecule has 0 spiro atoms. The Morgan fingerprint density at radius 2 is 2.15 bits per heavy atom. The summed E-state index contributed by atoms with van der Waals surface area (Å²) >= 11 is 1.61. The number of unbranched alkanes of at least 4 members (excludes halogenated alkanes) is 1. The van der Waals surface area contributed by atoms with Crippen molar-refractivity contribution in [1.82, 2.24) is 10.3 Å². The van der Waals surface area contributed by atoms with Crippen LogP contribution in [0.2, 0.25) is 0 Å². The molecule has 1 aromatic heterocycles. The van der Waals surface area contributed by atoms with Crippen molar-refractivity contribution in [2.45, 2.75) is 52.0 Å². The molecule has 0 fully saturated rings. The lowest BCUT2D eigenvalue weighted by Gasteiger charge is -2.15. The van der Waals surface area contributed by atoms with Crippen LogP contribution < -0.4 is 11.1 Å². The monoisotopic (exact) mass is 341 g/mol. The minimum absolute atomic E-state index is 0. The summed E-state index contributed by atoms with van der Waals surface area (Å²) in [5.41, 5.74) is 6.51. The number of aryl methyl sites for hydroxylation is 1. The lowest BCUT2D eigenvalue weighted by Crippen LogP contribution is -2.40. The first-order valence-corrected chi connectivity index (χ1v) is 7.50. The molecule has 1 amide bonds. The second kappa shape index (κ2) is 12.4. The van der Waals surface area contributed by atoms with Crippen LogP contribution in [0.25, 0.3) is 0 Å². The van der Waals surface area contributed by atoms with E-state index in [1.165, 1.54) is 0 Å². The fourth-order valence-corrected chi connectivity index (χ4v) is 2.48. The largest absolute Gasteiger partial charge is 0.352 e. The SMILES string of the molecule is CCCCC(CN)NC(=O)Cc1csc(CC)n1.Cl.Cl. The summed E-state index contributed by atoms with van der Waals surface area (Å²) in [6.45, 7) is 4.71. The molecule has 0 bridgehead atoms. The highest BCUT2D eigenvalue weighted by atomic mass is 35.5. The molecule has 0 aliphatic rings. The van der Waals surface area contributed by atoms with Crippen molar-refractivity contribution in [2.24, 2.45) is 5.73 Å². The molecule has 0 aliphatic heterocycles. The average molecular weight is 342 g/mol. The van der Waals surface area contributed by atoms with Crippen LogP contribution in [0.1, 0.15) is 43.8 Å². The van der Waals surface area contributed by atoms with Crippen molar-refractivity contribution in [1.29, 1.82) is 0 Å². The maximum atomic E-state index is 11.8. The van der Waals surface area contributed by atoms with Gasteiger partial charge < -0.3 is 11.1 Å². The second-order valence-electron chi connectivity index (χ2n) is 4.41. The number of nitrogens with one attached hydrogen (secondary N) is 1. The van der Waals surface area contributed by atoms with Crippen LogP contribution in [0, 0.1) is 0 Å². The van der Waals surface area contributed by atoms with E-state index in [0.717, 1.165) is 36.4 Å². The van der Waals surface area contributed by atoms with Gasteiger partial charge in [0.2, 0.25) is 5.91 Å². The van der Waals surface area contributed by atoms with Crippen molar-refractivity contribution in [3.05, 3.63) is 16.1 Å². The van der Waals surface area contributed by atoms with Gasteiger partial charge in [-0.05, 0) is 12.8 Å². The van der Waals surface area contributed by atoms with Crippen molar-refractivity contribution in [3.8, 4) is 0 Å². The Bertz CT molecular complexity index is 374. The number of rotatable bonds is 8. The van der Waals surface area contributed by atoms with E-state index in [1.807, 2.05) is 5.38 Å². The molecule has 7 heteroatoms. The molecule has 0 aliphatic carbocycles. The predicted octanol–water partition coefficient (Wildman–Crippen LogP) is 2.73. The fraction of sp³-hybridized carbons (Fsp3) is 0.692. The Labute approximate surface area is 137 Å². The number of nitrogens with zero attached hydrogens (tertiary/aromatic N) is 1. The summed E-state index contributed by atoms with van der Waals surface area (Å²) in [4.78, 5) is 16.2. The van der Waals surface area contributed by atoms with E-state index in [0.29, 0.717) is 13.0 Å². The molecule has 1 rings (SSSR count). The lowest BCUT2D eigenvalue weighted by atomic mass is 10.1. The molecule has 3 N–H and O–H groups in total. The van der Waals surface area contributed by atoms with E-state index >= 15 is 0 Å². The van der Waals surface area contributed by atoms with Crippen molar-refractivity contribution in [3.63, 3.8) is 0 Å². The molecular weight excluding hydrogens is 317 g/mol. The van der Waals surface area contributed by atoms with E-state index in [-0.39, 0.29) is 36.8 Å². The highest BCUT2D eigenvalue weighted by Crippen LogP contribution is 2.10. The van der Waals surface area contributed by atoms with Crippen LogP contribution >= 0.6 is 36.2 Å².